The molecule has 0 heterocycles. The average Bonchev–Trinajstić information content (AvgIpc) is 2.59. The van der Waals surface area contributed by atoms with Crippen LogP contribution in [0.4, 0.5) is 14.5 Å². The summed E-state index contributed by atoms with van der Waals surface area (Å²) in [6, 6.07) is 5.47. The van der Waals surface area contributed by atoms with Crippen molar-refractivity contribution in [3.8, 4) is 0 Å². The van der Waals surface area contributed by atoms with Crippen LogP contribution >= 0.6 is 0 Å². The van der Waals surface area contributed by atoms with Gasteiger partial charge in [0.25, 0.3) is 5.91 Å². The Hall–Kier alpha value is -2.85. The number of halogens is 2. The van der Waals surface area contributed by atoms with E-state index < -0.39 is 45.3 Å². The van der Waals surface area contributed by atoms with Crippen LogP contribution in [-0.2, 0) is 19.6 Å². The molecule has 150 valence electrons. The van der Waals surface area contributed by atoms with E-state index in [1.54, 1.807) is 6.92 Å². The van der Waals surface area contributed by atoms with Crippen molar-refractivity contribution >= 4 is 27.6 Å². The van der Waals surface area contributed by atoms with Crippen LogP contribution in [-0.4, -0.2) is 26.4 Å². The van der Waals surface area contributed by atoms with E-state index in [9.17, 15) is 26.8 Å². The van der Waals surface area contributed by atoms with Crippen molar-refractivity contribution in [2.75, 3.05) is 5.32 Å². The number of nitrogens with one attached hydrogen (secondary N) is 1. The smallest absolute Gasteiger partial charge is 0.338 e. The van der Waals surface area contributed by atoms with Gasteiger partial charge in [0.1, 0.15) is 17.3 Å². The molecule has 2 aromatic rings. The van der Waals surface area contributed by atoms with E-state index in [4.69, 9.17) is 9.88 Å². The van der Waals surface area contributed by atoms with Crippen molar-refractivity contribution in [1.82, 2.24) is 0 Å². The van der Waals surface area contributed by atoms with Crippen LogP contribution in [0.1, 0.15) is 28.4 Å². The Morgan fingerprint density at radius 2 is 1.71 bits per heavy atom. The average molecular weight is 412 g/mol. The maximum atomic E-state index is 13.6. The predicted molar refractivity (Wildman–Crippen MR) is 97.2 cm³/mol. The first-order valence-corrected chi connectivity index (χ1v) is 9.56. The Bertz CT molecular complexity index is 1030. The zero-order valence-electron chi connectivity index (χ0n) is 15.2. The number of hydrogen-bond donors (Lipinski definition) is 2. The van der Waals surface area contributed by atoms with Gasteiger partial charge in [-0.25, -0.2) is 27.1 Å². The van der Waals surface area contributed by atoms with E-state index in [1.165, 1.54) is 19.9 Å². The lowest BCUT2D eigenvalue weighted by molar-refractivity contribution is -0.123. The Morgan fingerprint density at radius 1 is 1.14 bits per heavy atom. The molecule has 1 atom stereocenters. The predicted octanol–water partition coefficient (Wildman–Crippen LogP) is 2.41. The van der Waals surface area contributed by atoms with Crippen LogP contribution in [0.25, 0.3) is 0 Å². The summed E-state index contributed by atoms with van der Waals surface area (Å²) < 4.78 is 55.5. The molecule has 3 N–H and O–H groups in total. The molecule has 7 nitrogen and oxygen atoms in total. The molecule has 0 aliphatic heterocycles. The van der Waals surface area contributed by atoms with Crippen LogP contribution in [0.2, 0.25) is 0 Å². The van der Waals surface area contributed by atoms with E-state index in [-0.39, 0.29) is 10.5 Å². The van der Waals surface area contributed by atoms with Crippen LogP contribution < -0.4 is 10.5 Å². The molecule has 0 saturated heterocycles. The van der Waals surface area contributed by atoms with Gasteiger partial charge in [0.2, 0.25) is 10.0 Å². The van der Waals surface area contributed by atoms with E-state index in [1.807, 2.05) is 5.32 Å². The summed E-state index contributed by atoms with van der Waals surface area (Å²) in [5, 5.41) is 7.15. The monoisotopic (exact) mass is 412 g/mol. The minimum Gasteiger partial charge on any atom is -0.449 e. The van der Waals surface area contributed by atoms with E-state index >= 15 is 0 Å². The standard InChI is InChI=1S/C18H18F2N2O5S/c1-9-7-12(8-15(10(9)2)28(21,25)26)18(24)27-11(3)17(23)22-16-13(19)5-4-6-14(16)20/h4-8,11H,1-3H3,(H,22,23)(H2,21,25,26). The molecule has 0 bridgehead atoms. The molecule has 28 heavy (non-hydrogen) atoms. The molecule has 0 spiro atoms. The van der Waals surface area contributed by atoms with E-state index in [0.717, 1.165) is 24.3 Å². The number of primary sulfonamides is 1. The Morgan fingerprint density at radius 3 is 2.25 bits per heavy atom. The lowest BCUT2D eigenvalue weighted by Gasteiger charge is -2.15. The summed E-state index contributed by atoms with van der Waals surface area (Å²) in [5.74, 6) is -3.94. The van der Waals surface area contributed by atoms with Gasteiger partial charge in [0, 0.05) is 0 Å². The van der Waals surface area contributed by atoms with Crippen LogP contribution in [0.3, 0.4) is 0 Å². The number of nitrogens with two attached hydrogens (primary N) is 1. The second-order valence-corrected chi connectivity index (χ2v) is 7.62. The van der Waals surface area contributed by atoms with Crippen LogP contribution in [0, 0.1) is 25.5 Å². The highest BCUT2D eigenvalue weighted by molar-refractivity contribution is 7.89. The first kappa shape index (κ1) is 21.5. The maximum absolute atomic E-state index is 13.6. The third-order valence-electron chi connectivity index (χ3n) is 4.03. The minimum absolute atomic E-state index is 0.135. The highest BCUT2D eigenvalue weighted by atomic mass is 32.2. The maximum Gasteiger partial charge on any atom is 0.338 e. The van der Waals surface area contributed by atoms with Gasteiger partial charge < -0.3 is 10.1 Å². The largest absolute Gasteiger partial charge is 0.449 e. The summed E-state index contributed by atoms with van der Waals surface area (Å²) in [4.78, 5) is 24.2. The lowest BCUT2D eigenvalue weighted by atomic mass is 10.1. The number of rotatable bonds is 5. The van der Waals surface area contributed by atoms with Gasteiger partial charge in [0.05, 0.1) is 10.5 Å². The topological polar surface area (TPSA) is 116 Å². The molecule has 1 unspecified atom stereocenters. The highest BCUT2D eigenvalue weighted by Gasteiger charge is 2.23. The molecule has 0 aromatic heterocycles. The third kappa shape index (κ3) is 4.70. The normalized spacial score (nSPS) is 12.4. The number of carbonyl (C=O) groups is 2. The Balaban J connectivity index is 2.21. The molecule has 0 saturated carbocycles. The molecule has 0 aliphatic carbocycles. The molecule has 2 aromatic carbocycles. The van der Waals surface area contributed by atoms with Crippen LogP contribution in [0.15, 0.2) is 35.2 Å². The Kier molecular flexibility index (Phi) is 6.15. The fraction of sp³-hybridized carbons (Fsp3) is 0.222. The summed E-state index contributed by atoms with van der Waals surface area (Å²) >= 11 is 0. The zero-order valence-corrected chi connectivity index (χ0v) is 16.1. The molecule has 0 fully saturated rings. The molecular weight excluding hydrogens is 394 g/mol. The van der Waals surface area contributed by atoms with E-state index in [2.05, 4.69) is 0 Å². The second kappa shape index (κ2) is 8.03. The van der Waals surface area contributed by atoms with Crippen molar-refractivity contribution in [3.05, 3.63) is 58.7 Å². The first-order chi connectivity index (χ1) is 12.9. The van der Waals surface area contributed by atoms with E-state index in [0.29, 0.717) is 11.1 Å². The number of sulfonamides is 1. The summed E-state index contributed by atoms with van der Waals surface area (Å²) in [6.45, 7) is 4.31. The van der Waals surface area contributed by atoms with Gasteiger partial charge in [-0.1, -0.05) is 6.07 Å². The lowest BCUT2D eigenvalue weighted by Crippen LogP contribution is -2.30. The molecule has 1 amide bonds. The number of anilines is 1. The first-order valence-electron chi connectivity index (χ1n) is 8.01. The number of esters is 1. The minimum atomic E-state index is -4.08. The molecule has 0 radical (unpaired) electrons. The SMILES string of the molecule is Cc1cc(C(=O)OC(C)C(=O)Nc2c(F)cccc2F)cc(S(N)(=O)=O)c1C. The summed E-state index contributed by atoms with van der Waals surface area (Å²) in [5.41, 5.74) is 0.0471. The number of amides is 1. The van der Waals surface area contributed by atoms with Gasteiger partial charge in [-0.3, -0.25) is 4.79 Å². The van der Waals surface area contributed by atoms with Gasteiger partial charge >= 0.3 is 5.97 Å². The number of para-hydroxylation sites is 1. The summed E-state index contributed by atoms with van der Waals surface area (Å²) in [6.07, 6.45) is -1.41. The van der Waals surface area contributed by atoms with Crippen LogP contribution in [0.5, 0.6) is 0 Å². The highest BCUT2D eigenvalue weighted by Crippen LogP contribution is 2.22. The van der Waals surface area contributed by atoms with Gasteiger partial charge in [0.15, 0.2) is 6.10 Å². The molecule has 10 heteroatoms. The molecule has 0 aliphatic rings. The van der Waals surface area contributed by atoms with Crippen molar-refractivity contribution in [2.45, 2.75) is 31.8 Å². The van der Waals surface area contributed by atoms with Crippen molar-refractivity contribution < 1.29 is 31.5 Å². The van der Waals surface area contributed by atoms with Crippen molar-refractivity contribution in [3.63, 3.8) is 0 Å². The number of benzene rings is 2. The van der Waals surface area contributed by atoms with Gasteiger partial charge in [-0.15, -0.1) is 0 Å². The summed E-state index contributed by atoms with van der Waals surface area (Å²) in [7, 11) is -4.08. The van der Waals surface area contributed by atoms with Gasteiger partial charge in [-0.05, 0) is 56.2 Å². The number of aryl methyl sites for hydroxylation is 1. The zero-order chi connectivity index (χ0) is 21.2. The third-order valence-corrected chi connectivity index (χ3v) is 5.06. The fourth-order valence-corrected chi connectivity index (χ4v) is 3.24. The number of ether oxygens (including phenoxy) is 1. The molecule has 2 rings (SSSR count). The second-order valence-electron chi connectivity index (χ2n) is 6.09. The van der Waals surface area contributed by atoms with Crippen molar-refractivity contribution in [2.24, 2.45) is 5.14 Å². The fourth-order valence-electron chi connectivity index (χ4n) is 2.36. The van der Waals surface area contributed by atoms with Gasteiger partial charge in [-0.2, -0.15) is 0 Å². The van der Waals surface area contributed by atoms with Crippen molar-refractivity contribution in [1.29, 1.82) is 0 Å². The molecular formula is C18H18F2N2O5S. The Labute approximate surface area is 160 Å². The quantitative estimate of drug-likeness (QED) is 0.732. The number of hydrogen-bond acceptors (Lipinski definition) is 5. The number of carbonyl (C=O) groups excluding carboxylic acids is 2.